The van der Waals surface area contributed by atoms with Gasteiger partial charge in [-0.2, -0.15) is 4.80 Å². The summed E-state index contributed by atoms with van der Waals surface area (Å²) in [6.45, 7) is 0.831. The van der Waals surface area contributed by atoms with Gasteiger partial charge in [0.15, 0.2) is 16.1 Å². The summed E-state index contributed by atoms with van der Waals surface area (Å²) in [4.78, 5) is 11.1. The number of nitrogens with one attached hydrogen (secondary N) is 2. The molecule has 0 amide bonds. The number of anilines is 2. The van der Waals surface area contributed by atoms with E-state index in [-0.39, 0.29) is 28.7 Å². The first-order valence-corrected chi connectivity index (χ1v) is 35.9. The number of para-hydroxylation sites is 2. The second-order valence-corrected chi connectivity index (χ2v) is 29.2. The molecular formula is C70H70N14O8S4. The second kappa shape index (κ2) is 28.3. The van der Waals surface area contributed by atoms with Gasteiger partial charge in [0, 0.05) is 29.8 Å². The lowest BCUT2D eigenvalue weighted by Crippen LogP contribution is -2.27. The summed E-state index contributed by atoms with van der Waals surface area (Å²) in [6, 6.07) is 49.2. The van der Waals surface area contributed by atoms with E-state index in [1.54, 1.807) is 33.1 Å². The molecule has 2 aliphatic carbocycles. The van der Waals surface area contributed by atoms with Crippen LogP contribution in [0.25, 0.3) is 65.5 Å². The minimum absolute atomic E-state index is 0.0911. The van der Waals surface area contributed by atoms with Crippen LogP contribution in [0.5, 0.6) is 23.0 Å². The fourth-order valence-electron chi connectivity index (χ4n) is 12.1. The highest BCUT2D eigenvalue weighted by atomic mass is 32.2. The minimum Gasteiger partial charge on any atom is -0.497 e. The van der Waals surface area contributed by atoms with E-state index >= 15 is 0 Å². The van der Waals surface area contributed by atoms with Crippen LogP contribution in [-0.4, -0.2) is 95.7 Å². The van der Waals surface area contributed by atoms with Crippen molar-refractivity contribution in [2.45, 2.75) is 87.3 Å². The van der Waals surface area contributed by atoms with E-state index in [1.165, 1.54) is 27.5 Å². The van der Waals surface area contributed by atoms with Gasteiger partial charge >= 0.3 is 0 Å². The van der Waals surface area contributed by atoms with Gasteiger partial charge in [0.2, 0.25) is 25.9 Å². The molecule has 8 aromatic carbocycles. The van der Waals surface area contributed by atoms with Crippen LogP contribution < -0.4 is 39.9 Å². The predicted octanol–water partition coefficient (Wildman–Crippen LogP) is 12.2. The molecule has 12 aromatic rings. The van der Waals surface area contributed by atoms with E-state index in [1.807, 2.05) is 158 Å². The molecule has 0 radical (unpaired) electrons. The predicted molar refractivity (Wildman–Crippen MR) is 373 cm³/mol. The Hall–Kier alpha value is -9.70. The monoisotopic (exact) mass is 1360 g/mol. The summed E-state index contributed by atoms with van der Waals surface area (Å²) >= 11 is 2.77. The molecule has 4 heterocycles. The Kier molecular flexibility index (Phi) is 19.2. The number of rotatable bonds is 24. The fourth-order valence-corrected chi connectivity index (χ4v) is 16.6. The normalized spacial score (nSPS) is 13.5. The van der Waals surface area contributed by atoms with Gasteiger partial charge in [-0.1, -0.05) is 158 Å². The van der Waals surface area contributed by atoms with Crippen molar-refractivity contribution in [2.24, 2.45) is 11.8 Å². The summed E-state index contributed by atoms with van der Waals surface area (Å²) in [5.74, 6) is 4.21. The van der Waals surface area contributed by atoms with Crippen molar-refractivity contribution in [2.75, 3.05) is 39.9 Å². The van der Waals surface area contributed by atoms with Crippen LogP contribution in [0, 0.1) is 11.8 Å². The highest BCUT2D eigenvalue weighted by molar-refractivity contribution is 7.90. The van der Waals surface area contributed by atoms with Crippen LogP contribution in [0.1, 0.15) is 71.9 Å². The van der Waals surface area contributed by atoms with Crippen molar-refractivity contribution < 1.29 is 35.8 Å². The number of nitrogens with two attached hydrogens (primary N) is 2. The van der Waals surface area contributed by atoms with Crippen LogP contribution in [0.2, 0.25) is 0 Å². The maximum Gasteiger partial charge on any atom is 0.241 e. The highest BCUT2D eigenvalue weighted by Crippen LogP contribution is 2.46. The first-order chi connectivity index (χ1) is 46.6. The first kappa shape index (κ1) is 65.0. The Bertz CT molecular complexity index is 4980. The zero-order valence-corrected chi connectivity index (χ0v) is 56.4. The molecule has 22 nitrogen and oxygen atoms in total. The van der Waals surface area contributed by atoms with Crippen molar-refractivity contribution in [1.82, 2.24) is 59.8 Å². The molecule has 0 aliphatic heterocycles. The number of aromatic nitrogens is 10. The first-order valence-electron chi connectivity index (χ1n) is 31.3. The maximum absolute atomic E-state index is 14.7. The Morgan fingerprint density at radius 3 is 1.35 bits per heavy atom. The van der Waals surface area contributed by atoms with Crippen LogP contribution in [0.15, 0.2) is 168 Å². The van der Waals surface area contributed by atoms with E-state index in [9.17, 15) is 16.8 Å². The molecule has 2 aliphatic rings. The van der Waals surface area contributed by atoms with Gasteiger partial charge in [0.05, 0.1) is 77.3 Å². The van der Waals surface area contributed by atoms with Gasteiger partial charge in [-0.05, 0) is 145 Å². The van der Waals surface area contributed by atoms with Gasteiger partial charge in [-0.15, -0.1) is 15.3 Å². The number of benzene rings is 8. The van der Waals surface area contributed by atoms with Crippen LogP contribution in [-0.2, 0) is 59.1 Å². The molecule has 26 heteroatoms. The third-order valence-electron chi connectivity index (χ3n) is 17.6. The summed E-state index contributed by atoms with van der Waals surface area (Å²) in [7, 11) is -1.79. The minimum atomic E-state index is -4.12. The van der Waals surface area contributed by atoms with Crippen molar-refractivity contribution in [3.63, 3.8) is 0 Å². The van der Waals surface area contributed by atoms with Gasteiger partial charge in [0.25, 0.3) is 0 Å². The number of ether oxygens (including phenoxy) is 4. The average Bonchev–Trinajstić information content (AvgIpc) is 1.20. The largest absolute Gasteiger partial charge is 0.497 e. The number of sulfonamides is 2. The lowest BCUT2D eigenvalue weighted by molar-refractivity contribution is 0.313. The van der Waals surface area contributed by atoms with Crippen LogP contribution in [0.3, 0.4) is 0 Å². The van der Waals surface area contributed by atoms with E-state index in [2.05, 4.69) is 45.2 Å². The summed E-state index contributed by atoms with van der Waals surface area (Å²) < 4.78 is 88.9. The summed E-state index contributed by atoms with van der Waals surface area (Å²) in [6.07, 6.45) is 7.76. The molecule has 2 fully saturated rings. The SMILES string of the molecule is COc1ccc(CNS(=O)(=O)c2c(CC3CCC3)ccc(-c3cccc4sc(N)nc34)c2-c2nnn(Cc3ccc(OC)cc3)n2)cc1.COc1ccc(CNS(=O)(=O)c2c(CC3CCC3)ccc(-c3cccc4sc(N)nc34)c2-c2nnnn2Cc2ccc(OC)cc2)cc1. The quantitative estimate of drug-likeness (QED) is 0.0437. The molecule has 0 saturated heterocycles. The lowest BCUT2D eigenvalue weighted by Gasteiger charge is -2.27. The van der Waals surface area contributed by atoms with E-state index in [0.29, 0.717) is 98.6 Å². The smallest absolute Gasteiger partial charge is 0.241 e. The molecule has 14 rings (SSSR count). The van der Waals surface area contributed by atoms with Crippen molar-refractivity contribution >= 4 is 73.4 Å². The molecule has 0 bridgehead atoms. The van der Waals surface area contributed by atoms with Crippen LogP contribution >= 0.6 is 22.7 Å². The van der Waals surface area contributed by atoms with Crippen molar-refractivity contribution in [3.8, 4) is 68.0 Å². The van der Waals surface area contributed by atoms with Gasteiger partial charge < -0.3 is 30.4 Å². The topological polar surface area (TPSA) is 294 Å². The zero-order chi connectivity index (χ0) is 66.5. The standard InChI is InChI=1S/2C35H35N7O4S2/c1-45-26-14-9-23(10-15-26)20-37-48(43,44)33-25(19-22-5-3-6-22)13-18-28(29-7-4-8-30-32(29)38-35(36)47-30)31(33)34-39-40-41-42(34)21-24-11-16-27(46-2)17-12-24;1-45-26-14-9-23(10-15-26)20-37-48(43,44)33-25(19-22-5-3-6-22)13-18-28(29-7-4-8-30-32(29)38-35(36)47-30)31(33)34-39-41-42(40-34)21-24-11-16-27(46-2)17-12-24/h2*4,7-18,22,37H,3,5-6,19-21H2,1-2H3,(H2,36,38). The molecule has 0 spiro atoms. The van der Waals surface area contributed by atoms with Gasteiger partial charge in [0.1, 0.15) is 23.0 Å². The number of nitrogen functional groups attached to an aromatic ring is 2. The molecule has 0 unspecified atom stereocenters. The molecule has 4 aromatic heterocycles. The lowest BCUT2D eigenvalue weighted by atomic mass is 9.80. The van der Waals surface area contributed by atoms with E-state index in [4.69, 9.17) is 35.5 Å². The fraction of sp³-hybridized carbons (Fsp3) is 0.257. The van der Waals surface area contributed by atoms with E-state index < -0.39 is 20.0 Å². The Labute approximate surface area is 563 Å². The van der Waals surface area contributed by atoms with Crippen LogP contribution in [0.4, 0.5) is 10.3 Å². The molecule has 0 atom stereocenters. The number of hydrogen-bond donors (Lipinski definition) is 4. The number of tetrazole rings is 2. The maximum atomic E-state index is 14.7. The summed E-state index contributed by atoms with van der Waals surface area (Å²) in [5.41, 5.74) is 22.2. The highest BCUT2D eigenvalue weighted by Gasteiger charge is 2.34. The zero-order valence-electron chi connectivity index (χ0n) is 53.2. The number of hydrogen-bond acceptors (Lipinski definition) is 20. The number of fused-ring (bicyclic) bond motifs is 2. The molecule has 6 N–H and O–H groups in total. The van der Waals surface area contributed by atoms with E-state index in [0.717, 1.165) is 104 Å². The van der Waals surface area contributed by atoms with Gasteiger partial charge in [-0.25, -0.2) is 40.9 Å². The molecular weight excluding hydrogens is 1290 g/mol. The average molecular weight is 1360 g/mol. The third-order valence-corrected chi connectivity index (χ3v) is 22.3. The van der Waals surface area contributed by atoms with Gasteiger partial charge in [-0.3, -0.25) is 0 Å². The number of methoxy groups -OCH3 is 4. The third kappa shape index (κ3) is 14.2. The molecule has 96 heavy (non-hydrogen) atoms. The number of thiazole rings is 2. The number of nitrogens with zero attached hydrogens (tertiary/aromatic N) is 10. The Morgan fingerprint density at radius 1 is 0.490 bits per heavy atom. The Morgan fingerprint density at radius 2 is 0.917 bits per heavy atom. The Balaban J connectivity index is 0.000000174. The molecule has 492 valence electrons. The van der Waals surface area contributed by atoms with Crippen molar-refractivity contribution in [1.29, 1.82) is 0 Å². The van der Waals surface area contributed by atoms with Crippen molar-refractivity contribution in [3.05, 3.63) is 191 Å². The molecule has 2 saturated carbocycles. The second-order valence-electron chi connectivity index (χ2n) is 23.7. The summed E-state index contributed by atoms with van der Waals surface area (Å²) in [5, 5.41) is 27.3.